The maximum atomic E-state index is 9.63. The Morgan fingerprint density at radius 2 is 0.857 bits per heavy atom. The van der Waals surface area contributed by atoms with Crippen molar-refractivity contribution in [1.29, 1.82) is 0 Å². The van der Waals surface area contributed by atoms with Crippen LogP contribution in [0, 0.1) is 0 Å². The second kappa shape index (κ2) is 5.83. The van der Waals surface area contributed by atoms with E-state index in [2.05, 4.69) is 52.8 Å². The molecule has 0 aromatic heterocycles. The van der Waals surface area contributed by atoms with Gasteiger partial charge in [0.05, 0.1) is 0 Å². The number of benzene rings is 2. The number of fused-ring (bicyclic) bond motifs is 4. The third kappa shape index (κ3) is 4.33. The first-order chi connectivity index (χ1) is 9.67. The molecule has 0 unspecified atom stereocenters. The highest BCUT2D eigenvalue weighted by molar-refractivity contribution is 7.60. The summed E-state index contributed by atoms with van der Waals surface area (Å²) < 4.78 is 22.2. The second-order valence-corrected chi connectivity index (χ2v) is 6.77. The standard InChI is InChI=1S/C12H8.H4O7P2/c1-2-6-10-9(5-1)11-7-3-4-8-12(10)11;1-8(2,3)7-9(4,5)6/h1-8H;(H2,1,2,3)(H2,4,5,6). The lowest BCUT2D eigenvalue weighted by atomic mass is 9.81. The van der Waals surface area contributed by atoms with Gasteiger partial charge in [-0.2, -0.15) is 4.31 Å². The van der Waals surface area contributed by atoms with Gasteiger partial charge >= 0.3 is 15.6 Å². The van der Waals surface area contributed by atoms with E-state index in [0.717, 1.165) is 0 Å². The van der Waals surface area contributed by atoms with E-state index in [1.54, 1.807) is 0 Å². The van der Waals surface area contributed by atoms with Crippen LogP contribution in [0.25, 0.3) is 22.3 Å². The summed E-state index contributed by atoms with van der Waals surface area (Å²) >= 11 is 0. The molecule has 0 saturated carbocycles. The van der Waals surface area contributed by atoms with Crippen LogP contribution in [0.1, 0.15) is 0 Å². The Morgan fingerprint density at radius 1 is 0.619 bits per heavy atom. The molecule has 21 heavy (non-hydrogen) atoms. The Labute approximate surface area is 120 Å². The smallest absolute Gasteiger partial charge is 0.302 e. The van der Waals surface area contributed by atoms with Crippen molar-refractivity contribution in [3.05, 3.63) is 48.5 Å². The predicted molar refractivity (Wildman–Crippen MR) is 76.0 cm³/mol. The molecule has 0 saturated heterocycles. The van der Waals surface area contributed by atoms with Gasteiger partial charge in [0, 0.05) is 0 Å². The fraction of sp³-hybridized carbons (Fsp3) is 0. The molecule has 0 fully saturated rings. The van der Waals surface area contributed by atoms with E-state index >= 15 is 0 Å². The summed E-state index contributed by atoms with van der Waals surface area (Å²) in [4.78, 5) is 31.0. The van der Waals surface area contributed by atoms with Crippen LogP contribution in [0.15, 0.2) is 48.5 Å². The summed E-state index contributed by atoms with van der Waals surface area (Å²) in [5.41, 5.74) is 5.59. The maximum absolute atomic E-state index is 9.63. The lowest BCUT2D eigenvalue weighted by Crippen LogP contribution is -1.96. The van der Waals surface area contributed by atoms with Crippen molar-refractivity contribution in [2.75, 3.05) is 0 Å². The zero-order valence-electron chi connectivity index (χ0n) is 10.5. The van der Waals surface area contributed by atoms with Crippen LogP contribution >= 0.6 is 15.6 Å². The third-order valence-electron chi connectivity index (χ3n) is 2.65. The minimum Gasteiger partial charge on any atom is -0.302 e. The average Bonchev–Trinajstić information content (AvgIpc) is 2.32. The van der Waals surface area contributed by atoms with Gasteiger partial charge in [0.15, 0.2) is 0 Å². The molecule has 3 rings (SSSR count). The Kier molecular flexibility index (Phi) is 4.46. The summed E-state index contributed by atoms with van der Waals surface area (Å²) in [6, 6.07) is 17.1. The van der Waals surface area contributed by atoms with E-state index in [4.69, 9.17) is 19.6 Å². The zero-order chi connectivity index (χ0) is 15.7. The molecule has 4 N–H and O–H groups in total. The van der Waals surface area contributed by atoms with E-state index in [1.807, 2.05) is 0 Å². The van der Waals surface area contributed by atoms with E-state index in [0.29, 0.717) is 0 Å². The first kappa shape index (κ1) is 16.1. The van der Waals surface area contributed by atoms with Crippen molar-refractivity contribution >= 4 is 15.6 Å². The molecule has 1 aliphatic rings. The molecule has 0 amide bonds. The van der Waals surface area contributed by atoms with Gasteiger partial charge < -0.3 is 19.6 Å². The monoisotopic (exact) mass is 330 g/mol. The minimum atomic E-state index is -5.05. The van der Waals surface area contributed by atoms with Crippen LogP contribution in [-0.2, 0) is 13.4 Å². The lowest BCUT2D eigenvalue weighted by molar-refractivity contribution is 0.225. The van der Waals surface area contributed by atoms with Crippen molar-refractivity contribution in [3.63, 3.8) is 0 Å². The molecule has 1 aliphatic carbocycles. The van der Waals surface area contributed by atoms with Crippen LogP contribution < -0.4 is 0 Å². The molecule has 9 heteroatoms. The Balaban J connectivity index is 0.000000163. The summed E-state index contributed by atoms with van der Waals surface area (Å²) in [5.74, 6) is 0. The van der Waals surface area contributed by atoms with Gasteiger partial charge in [-0.25, -0.2) is 9.13 Å². The van der Waals surface area contributed by atoms with Gasteiger partial charge in [-0.05, 0) is 22.3 Å². The van der Waals surface area contributed by atoms with Crippen molar-refractivity contribution in [2.24, 2.45) is 0 Å². The molecule has 112 valence electrons. The second-order valence-electron chi connectivity index (χ2n) is 4.15. The molecule has 0 radical (unpaired) electrons. The highest BCUT2D eigenvalue weighted by Gasteiger charge is 2.27. The fourth-order valence-electron chi connectivity index (χ4n) is 1.98. The van der Waals surface area contributed by atoms with Crippen molar-refractivity contribution < 1.29 is 33.0 Å². The average molecular weight is 330 g/mol. The third-order valence-corrected chi connectivity index (χ3v) is 4.35. The lowest BCUT2D eigenvalue weighted by Gasteiger charge is -2.22. The molecule has 7 nitrogen and oxygen atoms in total. The van der Waals surface area contributed by atoms with E-state index in [1.165, 1.54) is 22.3 Å². The van der Waals surface area contributed by atoms with Gasteiger partial charge in [-0.15, -0.1) is 0 Å². The summed E-state index contributed by atoms with van der Waals surface area (Å²) in [6.07, 6.45) is 0. The molecule has 2 aromatic rings. The van der Waals surface area contributed by atoms with Crippen LogP contribution in [-0.4, -0.2) is 19.6 Å². The SMILES string of the molecule is O=P(O)(O)OP(=O)(O)O.c1ccc2c(c1)-c1ccccc1-2. The molecule has 0 aliphatic heterocycles. The fourth-order valence-corrected chi connectivity index (χ4v) is 3.09. The largest absolute Gasteiger partial charge is 0.478 e. The number of hydrogen-bond donors (Lipinski definition) is 4. The maximum Gasteiger partial charge on any atom is 0.478 e. The van der Waals surface area contributed by atoms with Gasteiger partial charge in [0.2, 0.25) is 0 Å². The zero-order valence-corrected chi connectivity index (χ0v) is 12.3. The quantitative estimate of drug-likeness (QED) is 0.532. The van der Waals surface area contributed by atoms with Gasteiger partial charge in [0.25, 0.3) is 0 Å². The van der Waals surface area contributed by atoms with Crippen LogP contribution in [0.5, 0.6) is 0 Å². The van der Waals surface area contributed by atoms with E-state index < -0.39 is 15.6 Å². The highest BCUT2D eigenvalue weighted by atomic mass is 31.3. The Hall–Kier alpha value is -1.30. The number of rotatable bonds is 2. The first-order valence-electron chi connectivity index (χ1n) is 5.68. The van der Waals surface area contributed by atoms with Gasteiger partial charge in [-0.3, -0.25) is 0 Å². The summed E-state index contributed by atoms with van der Waals surface area (Å²) in [7, 11) is -10.1. The number of phosphoric acid groups is 2. The Morgan fingerprint density at radius 3 is 1.00 bits per heavy atom. The van der Waals surface area contributed by atoms with E-state index in [9.17, 15) is 9.13 Å². The van der Waals surface area contributed by atoms with Crippen molar-refractivity contribution in [1.82, 2.24) is 0 Å². The van der Waals surface area contributed by atoms with Crippen LogP contribution in [0.3, 0.4) is 0 Å². The normalized spacial score (nSPS) is 12.4. The van der Waals surface area contributed by atoms with Crippen molar-refractivity contribution in [2.45, 2.75) is 0 Å². The summed E-state index contributed by atoms with van der Waals surface area (Å²) in [6.45, 7) is 0. The molecule has 0 atom stereocenters. The molecule has 0 spiro atoms. The first-order valence-corrected chi connectivity index (χ1v) is 8.75. The molecule has 0 bridgehead atoms. The van der Waals surface area contributed by atoms with Gasteiger partial charge in [0.1, 0.15) is 0 Å². The van der Waals surface area contributed by atoms with Gasteiger partial charge in [-0.1, -0.05) is 48.5 Å². The van der Waals surface area contributed by atoms with Crippen molar-refractivity contribution in [3.8, 4) is 22.3 Å². The summed E-state index contributed by atoms with van der Waals surface area (Å²) in [5, 5.41) is 0. The Bertz CT molecular complexity index is 627. The molecular formula is C12H12O7P2. The topological polar surface area (TPSA) is 124 Å². The highest BCUT2D eigenvalue weighted by Crippen LogP contribution is 2.53. The molecular weight excluding hydrogens is 318 g/mol. The van der Waals surface area contributed by atoms with Crippen LogP contribution in [0.2, 0.25) is 0 Å². The van der Waals surface area contributed by atoms with Crippen LogP contribution in [0.4, 0.5) is 0 Å². The molecule has 2 aromatic carbocycles. The molecule has 0 heterocycles. The minimum absolute atomic E-state index is 1.40. The number of hydrogen-bond acceptors (Lipinski definition) is 3. The van der Waals surface area contributed by atoms with E-state index in [-0.39, 0.29) is 0 Å². The predicted octanol–water partition coefficient (Wildman–Crippen LogP) is 2.52.